The number of allylic oxidation sites excluding steroid dienone is 1. The third kappa shape index (κ3) is 6.11. The predicted molar refractivity (Wildman–Crippen MR) is 55.9 cm³/mol. The number of rotatable bonds is 5. The molecule has 13 heavy (non-hydrogen) atoms. The molecule has 1 unspecified atom stereocenters. The van der Waals surface area contributed by atoms with Crippen molar-refractivity contribution < 1.29 is 16.8 Å². The minimum absolute atomic E-state index is 0.135. The standard InChI is InChI=1S/C6H12O4S3/c1-4-5-6(12(2,7)8)11-13(3,9)10/h4,6H,1,5H2,2-3H3. The van der Waals surface area contributed by atoms with E-state index in [1.165, 1.54) is 6.08 Å². The Bertz CT molecular complexity index is 365. The highest BCUT2D eigenvalue weighted by molar-refractivity contribution is 8.73. The molecule has 0 radical (unpaired) electrons. The normalized spacial score (nSPS) is 15.2. The highest BCUT2D eigenvalue weighted by Gasteiger charge is 2.24. The van der Waals surface area contributed by atoms with Crippen LogP contribution in [-0.2, 0) is 18.7 Å². The first-order chi connectivity index (χ1) is 5.67. The summed E-state index contributed by atoms with van der Waals surface area (Å²) in [6.45, 7) is 3.37. The molecule has 0 fully saturated rings. The molecule has 1 atom stereocenters. The Labute approximate surface area is 82.6 Å². The second-order valence-corrected chi connectivity index (χ2v) is 9.67. The lowest BCUT2D eigenvalue weighted by atomic mass is 10.5. The molecule has 0 spiro atoms. The lowest BCUT2D eigenvalue weighted by Crippen LogP contribution is -2.17. The second kappa shape index (κ2) is 4.47. The van der Waals surface area contributed by atoms with Gasteiger partial charge < -0.3 is 0 Å². The van der Waals surface area contributed by atoms with Crippen LogP contribution in [0.2, 0.25) is 0 Å². The Balaban J connectivity index is 4.75. The lowest BCUT2D eigenvalue weighted by molar-refractivity contribution is 0.598. The van der Waals surface area contributed by atoms with Gasteiger partial charge in [0, 0.05) is 12.5 Å². The molecule has 0 aromatic carbocycles. The van der Waals surface area contributed by atoms with Gasteiger partial charge in [-0.2, -0.15) is 0 Å². The number of hydrogen-bond acceptors (Lipinski definition) is 5. The van der Waals surface area contributed by atoms with Gasteiger partial charge in [0.25, 0.3) is 0 Å². The van der Waals surface area contributed by atoms with E-state index in [0.717, 1.165) is 12.5 Å². The maximum Gasteiger partial charge on any atom is 0.199 e. The molecular formula is C6H12O4S3. The van der Waals surface area contributed by atoms with E-state index in [4.69, 9.17) is 0 Å². The van der Waals surface area contributed by atoms with Crippen molar-refractivity contribution >= 4 is 29.5 Å². The summed E-state index contributed by atoms with van der Waals surface area (Å²) in [6, 6.07) is 0. The van der Waals surface area contributed by atoms with E-state index in [-0.39, 0.29) is 6.42 Å². The van der Waals surface area contributed by atoms with Crippen LogP contribution in [0.4, 0.5) is 0 Å². The third-order valence-corrected chi connectivity index (χ3v) is 6.47. The molecule has 0 bridgehead atoms. The summed E-state index contributed by atoms with van der Waals surface area (Å²) in [5.74, 6) is 0. The number of sulfone groups is 1. The molecule has 0 aliphatic carbocycles. The fraction of sp³-hybridized carbons (Fsp3) is 0.667. The zero-order valence-electron chi connectivity index (χ0n) is 7.43. The van der Waals surface area contributed by atoms with Crippen molar-refractivity contribution in [3.8, 4) is 0 Å². The van der Waals surface area contributed by atoms with Gasteiger partial charge in [-0.25, -0.2) is 16.8 Å². The van der Waals surface area contributed by atoms with Gasteiger partial charge in [0.05, 0.1) is 0 Å². The molecule has 0 aromatic heterocycles. The smallest absolute Gasteiger partial charge is 0.199 e. The van der Waals surface area contributed by atoms with Crippen LogP contribution < -0.4 is 0 Å². The highest BCUT2D eigenvalue weighted by Crippen LogP contribution is 2.25. The van der Waals surface area contributed by atoms with Gasteiger partial charge in [0.15, 0.2) is 18.7 Å². The van der Waals surface area contributed by atoms with Crippen LogP contribution >= 0.6 is 10.8 Å². The first-order valence-corrected chi connectivity index (χ1v) is 8.59. The number of hydrogen-bond donors (Lipinski definition) is 0. The summed E-state index contributed by atoms with van der Waals surface area (Å²) in [7, 11) is -6.24. The van der Waals surface area contributed by atoms with E-state index in [2.05, 4.69) is 6.58 Å². The van der Waals surface area contributed by atoms with E-state index in [9.17, 15) is 16.8 Å². The van der Waals surface area contributed by atoms with Gasteiger partial charge in [0.1, 0.15) is 4.58 Å². The second-order valence-electron chi connectivity index (χ2n) is 2.58. The molecule has 0 saturated heterocycles. The van der Waals surface area contributed by atoms with Crippen LogP contribution in [0.3, 0.4) is 0 Å². The zero-order valence-corrected chi connectivity index (χ0v) is 9.88. The summed E-state index contributed by atoms with van der Waals surface area (Å²) in [6.07, 6.45) is 3.53. The molecule has 78 valence electrons. The highest BCUT2D eigenvalue weighted by atomic mass is 33.1. The monoisotopic (exact) mass is 244 g/mol. The Kier molecular flexibility index (Phi) is 4.47. The summed E-state index contributed by atoms with van der Waals surface area (Å²) in [5.41, 5.74) is 0. The Morgan fingerprint density at radius 2 is 1.77 bits per heavy atom. The molecule has 0 aliphatic heterocycles. The SMILES string of the molecule is C=CCC(SS(C)(=O)=O)S(C)(=O)=O. The molecule has 4 nitrogen and oxygen atoms in total. The van der Waals surface area contributed by atoms with Crippen LogP contribution in [0.1, 0.15) is 6.42 Å². The first-order valence-electron chi connectivity index (χ1n) is 3.35. The van der Waals surface area contributed by atoms with E-state index in [0.29, 0.717) is 10.8 Å². The van der Waals surface area contributed by atoms with Crippen molar-refractivity contribution in [3.05, 3.63) is 12.7 Å². The lowest BCUT2D eigenvalue weighted by Gasteiger charge is -2.09. The Hall–Kier alpha value is -0.0100. The maximum absolute atomic E-state index is 11.1. The van der Waals surface area contributed by atoms with Crippen molar-refractivity contribution in [3.63, 3.8) is 0 Å². The molecule has 0 rings (SSSR count). The van der Waals surface area contributed by atoms with E-state index < -0.39 is 23.3 Å². The van der Waals surface area contributed by atoms with Crippen molar-refractivity contribution in [2.75, 3.05) is 12.5 Å². The molecule has 0 saturated carbocycles. The largest absolute Gasteiger partial charge is 0.228 e. The van der Waals surface area contributed by atoms with Crippen molar-refractivity contribution in [2.45, 2.75) is 11.0 Å². The Morgan fingerprint density at radius 3 is 2.00 bits per heavy atom. The maximum atomic E-state index is 11.1. The van der Waals surface area contributed by atoms with E-state index in [1.807, 2.05) is 0 Å². The minimum Gasteiger partial charge on any atom is -0.228 e. The van der Waals surface area contributed by atoms with Crippen LogP contribution in [0.15, 0.2) is 12.7 Å². The molecule has 0 heterocycles. The molecule has 0 aromatic rings. The Morgan fingerprint density at radius 1 is 1.31 bits per heavy atom. The molecule has 7 heteroatoms. The van der Waals surface area contributed by atoms with Crippen molar-refractivity contribution in [2.24, 2.45) is 0 Å². The van der Waals surface area contributed by atoms with Gasteiger partial charge in [-0.3, -0.25) is 0 Å². The van der Waals surface area contributed by atoms with Gasteiger partial charge >= 0.3 is 0 Å². The predicted octanol–water partition coefficient (Wildman–Crippen LogP) is 0.626. The van der Waals surface area contributed by atoms with Crippen LogP contribution in [-0.4, -0.2) is 33.9 Å². The molecule has 0 amide bonds. The zero-order chi connectivity index (χ0) is 10.7. The van der Waals surface area contributed by atoms with Crippen LogP contribution in [0, 0.1) is 0 Å². The topological polar surface area (TPSA) is 68.3 Å². The van der Waals surface area contributed by atoms with Crippen LogP contribution in [0.25, 0.3) is 0 Å². The average molecular weight is 244 g/mol. The fourth-order valence-corrected chi connectivity index (χ4v) is 6.25. The van der Waals surface area contributed by atoms with Gasteiger partial charge in [0.2, 0.25) is 0 Å². The van der Waals surface area contributed by atoms with Crippen LogP contribution in [0.5, 0.6) is 0 Å². The quantitative estimate of drug-likeness (QED) is 0.524. The summed E-state index contributed by atoms with van der Waals surface area (Å²) < 4.78 is 42.8. The average Bonchev–Trinajstić information content (AvgIpc) is 1.81. The first kappa shape index (κ1) is 13.0. The van der Waals surface area contributed by atoms with E-state index >= 15 is 0 Å². The van der Waals surface area contributed by atoms with Crippen molar-refractivity contribution in [1.29, 1.82) is 0 Å². The molecule has 0 N–H and O–H groups in total. The minimum atomic E-state index is -3.35. The molecular weight excluding hydrogens is 232 g/mol. The van der Waals surface area contributed by atoms with E-state index in [1.54, 1.807) is 0 Å². The van der Waals surface area contributed by atoms with Gasteiger partial charge in [-0.05, 0) is 17.2 Å². The third-order valence-electron chi connectivity index (χ3n) is 1.12. The summed E-state index contributed by atoms with van der Waals surface area (Å²) in [4.78, 5) is 0. The van der Waals surface area contributed by atoms with Gasteiger partial charge in [-0.1, -0.05) is 6.08 Å². The van der Waals surface area contributed by atoms with Crippen molar-refractivity contribution in [1.82, 2.24) is 0 Å². The fourth-order valence-electron chi connectivity index (χ4n) is 0.616. The van der Waals surface area contributed by atoms with Gasteiger partial charge in [-0.15, -0.1) is 6.58 Å². The summed E-state index contributed by atoms with van der Waals surface area (Å²) in [5, 5.41) is 0. The molecule has 0 aliphatic rings. The summed E-state index contributed by atoms with van der Waals surface area (Å²) >= 11 is 0.